The molecule has 6 heteroatoms. The fourth-order valence-electron chi connectivity index (χ4n) is 1.75. The maximum Gasteiger partial charge on any atom is 0.265 e. The maximum atomic E-state index is 13.0. The number of alkyl halides is 2. The van der Waals surface area contributed by atoms with Gasteiger partial charge in [-0.05, 0) is 12.8 Å². The predicted octanol–water partition coefficient (Wildman–Crippen LogP) is 0.900. The Kier molecular flexibility index (Phi) is 4.20. The third-order valence-electron chi connectivity index (χ3n) is 2.56. The normalized spacial score (nSPS) is 19.5. The van der Waals surface area contributed by atoms with Crippen LogP contribution in [-0.2, 0) is 9.59 Å². The number of hydrogen-bond acceptors (Lipinski definition) is 2. The fourth-order valence-corrected chi connectivity index (χ4v) is 1.75. The molecule has 0 spiro atoms. The Bertz CT molecular complexity index is 282. The molecule has 16 heavy (non-hydrogen) atoms. The van der Waals surface area contributed by atoms with Crippen LogP contribution in [0, 0.1) is 0 Å². The van der Waals surface area contributed by atoms with Gasteiger partial charge in [-0.2, -0.15) is 0 Å². The minimum Gasteiger partial charge on any atom is -0.370 e. The molecule has 2 amide bonds. The molecule has 0 bridgehead atoms. The zero-order valence-electron chi connectivity index (χ0n) is 9.05. The number of amides is 2. The maximum absolute atomic E-state index is 13.0. The first-order chi connectivity index (χ1) is 7.41. The van der Waals surface area contributed by atoms with Gasteiger partial charge in [0.2, 0.25) is 11.8 Å². The molecule has 2 N–H and O–H groups in total. The molecule has 1 aliphatic heterocycles. The lowest BCUT2D eigenvalue weighted by Gasteiger charge is -2.32. The van der Waals surface area contributed by atoms with E-state index in [1.807, 2.05) is 0 Å². The minimum absolute atomic E-state index is 0.110. The molecule has 4 nitrogen and oxygen atoms in total. The van der Waals surface area contributed by atoms with Crippen molar-refractivity contribution < 1.29 is 18.4 Å². The molecule has 0 aromatic heterocycles. The van der Waals surface area contributed by atoms with Crippen molar-refractivity contribution in [2.24, 2.45) is 5.73 Å². The van der Waals surface area contributed by atoms with Crippen LogP contribution < -0.4 is 5.73 Å². The van der Waals surface area contributed by atoms with Crippen molar-refractivity contribution in [2.75, 3.05) is 13.1 Å². The summed E-state index contributed by atoms with van der Waals surface area (Å²) in [6.07, 6.45) is 0.734. The lowest BCUT2D eigenvalue weighted by molar-refractivity contribution is -0.141. The third kappa shape index (κ3) is 4.12. The van der Waals surface area contributed by atoms with Crippen molar-refractivity contribution in [2.45, 2.75) is 38.0 Å². The molecular weight excluding hydrogens is 218 g/mol. The van der Waals surface area contributed by atoms with E-state index in [9.17, 15) is 18.4 Å². The highest BCUT2D eigenvalue weighted by Gasteiger charge is 2.36. The highest BCUT2D eigenvalue weighted by molar-refractivity contribution is 5.78. The van der Waals surface area contributed by atoms with E-state index in [2.05, 4.69) is 0 Å². The van der Waals surface area contributed by atoms with Crippen LogP contribution in [0.3, 0.4) is 0 Å². The molecule has 0 radical (unpaired) electrons. The standard InChI is InChI=1S/C10H16F2N2O2/c11-10(12)5-2-6-14(7-10)9(16)4-1-3-8(13)15/h1-7H2,(H2,13,15). The van der Waals surface area contributed by atoms with E-state index in [0.29, 0.717) is 19.4 Å². The summed E-state index contributed by atoms with van der Waals surface area (Å²) < 4.78 is 26.0. The van der Waals surface area contributed by atoms with Gasteiger partial charge in [0, 0.05) is 25.8 Å². The van der Waals surface area contributed by atoms with Crippen LogP contribution >= 0.6 is 0 Å². The van der Waals surface area contributed by atoms with Crippen LogP contribution in [0.5, 0.6) is 0 Å². The average Bonchev–Trinajstić information content (AvgIpc) is 2.15. The molecule has 0 unspecified atom stereocenters. The number of carbonyl (C=O) groups excluding carboxylic acids is 2. The fraction of sp³-hybridized carbons (Fsp3) is 0.800. The number of carbonyl (C=O) groups is 2. The summed E-state index contributed by atoms with van der Waals surface area (Å²) in [6.45, 7) is -0.118. The average molecular weight is 234 g/mol. The molecule has 1 aliphatic rings. The molecule has 92 valence electrons. The smallest absolute Gasteiger partial charge is 0.265 e. The van der Waals surface area contributed by atoms with Crippen molar-refractivity contribution in [3.05, 3.63) is 0 Å². The Morgan fingerprint density at radius 2 is 2.00 bits per heavy atom. The van der Waals surface area contributed by atoms with E-state index < -0.39 is 18.4 Å². The van der Waals surface area contributed by atoms with Crippen LogP contribution in [0.25, 0.3) is 0 Å². The first kappa shape index (κ1) is 12.9. The Balaban J connectivity index is 2.33. The second kappa shape index (κ2) is 5.23. The number of likely N-dealkylation sites (tertiary alicyclic amines) is 1. The van der Waals surface area contributed by atoms with E-state index in [0.717, 1.165) is 0 Å². The van der Waals surface area contributed by atoms with Gasteiger partial charge >= 0.3 is 0 Å². The Morgan fingerprint density at radius 3 is 2.56 bits per heavy atom. The van der Waals surface area contributed by atoms with Gasteiger partial charge in [0.1, 0.15) is 0 Å². The molecule has 1 fully saturated rings. The van der Waals surface area contributed by atoms with Gasteiger partial charge < -0.3 is 10.6 Å². The van der Waals surface area contributed by atoms with Crippen molar-refractivity contribution in [3.63, 3.8) is 0 Å². The molecule has 1 rings (SSSR count). The van der Waals surface area contributed by atoms with E-state index in [1.165, 1.54) is 4.90 Å². The summed E-state index contributed by atoms with van der Waals surface area (Å²) in [5.41, 5.74) is 4.92. The van der Waals surface area contributed by atoms with Crippen molar-refractivity contribution in [1.82, 2.24) is 4.90 Å². The Labute approximate surface area is 92.8 Å². The van der Waals surface area contributed by atoms with Gasteiger partial charge in [-0.3, -0.25) is 9.59 Å². The molecule has 0 atom stereocenters. The first-order valence-electron chi connectivity index (χ1n) is 5.35. The van der Waals surface area contributed by atoms with Gasteiger partial charge in [0.25, 0.3) is 5.92 Å². The molecule has 1 heterocycles. The summed E-state index contributed by atoms with van der Waals surface area (Å²) in [5, 5.41) is 0. The van der Waals surface area contributed by atoms with E-state index in [1.54, 1.807) is 0 Å². The third-order valence-corrected chi connectivity index (χ3v) is 2.56. The topological polar surface area (TPSA) is 63.4 Å². The van der Waals surface area contributed by atoms with E-state index in [-0.39, 0.29) is 25.2 Å². The second-order valence-electron chi connectivity index (χ2n) is 4.09. The van der Waals surface area contributed by atoms with Crippen LogP contribution in [0.1, 0.15) is 32.1 Å². The van der Waals surface area contributed by atoms with Crippen molar-refractivity contribution in [1.29, 1.82) is 0 Å². The summed E-state index contributed by atoms with van der Waals surface area (Å²) in [6, 6.07) is 0. The highest BCUT2D eigenvalue weighted by atomic mass is 19.3. The van der Waals surface area contributed by atoms with Gasteiger partial charge in [0.05, 0.1) is 6.54 Å². The van der Waals surface area contributed by atoms with E-state index in [4.69, 9.17) is 5.73 Å². The Hall–Kier alpha value is -1.20. The largest absolute Gasteiger partial charge is 0.370 e. The number of rotatable bonds is 4. The van der Waals surface area contributed by atoms with Crippen molar-refractivity contribution >= 4 is 11.8 Å². The minimum atomic E-state index is -2.77. The zero-order chi connectivity index (χ0) is 12.2. The number of halogens is 2. The number of hydrogen-bond donors (Lipinski definition) is 1. The van der Waals surface area contributed by atoms with Crippen LogP contribution in [0.15, 0.2) is 0 Å². The number of nitrogens with zero attached hydrogens (tertiary/aromatic N) is 1. The van der Waals surface area contributed by atoms with Crippen molar-refractivity contribution in [3.8, 4) is 0 Å². The summed E-state index contributed by atoms with van der Waals surface area (Å²) in [7, 11) is 0. The van der Waals surface area contributed by atoms with Gasteiger partial charge in [-0.15, -0.1) is 0 Å². The van der Waals surface area contributed by atoms with Crippen LogP contribution in [-0.4, -0.2) is 35.7 Å². The predicted molar refractivity (Wildman–Crippen MR) is 53.8 cm³/mol. The van der Waals surface area contributed by atoms with Gasteiger partial charge in [-0.25, -0.2) is 8.78 Å². The highest BCUT2D eigenvalue weighted by Crippen LogP contribution is 2.26. The van der Waals surface area contributed by atoms with E-state index >= 15 is 0 Å². The molecule has 0 saturated carbocycles. The monoisotopic (exact) mass is 234 g/mol. The molecule has 0 aromatic rings. The van der Waals surface area contributed by atoms with Crippen LogP contribution in [0.2, 0.25) is 0 Å². The summed E-state index contributed by atoms with van der Waals surface area (Å²) in [5.74, 6) is -3.56. The van der Waals surface area contributed by atoms with Gasteiger partial charge in [0.15, 0.2) is 0 Å². The lowest BCUT2D eigenvalue weighted by atomic mass is 10.1. The Morgan fingerprint density at radius 1 is 1.31 bits per heavy atom. The molecule has 0 aromatic carbocycles. The molecular formula is C10H16F2N2O2. The zero-order valence-corrected chi connectivity index (χ0v) is 9.05. The lowest BCUT2D eigenvalue weighted by Crippen LogP contribution is -2.45. The number of primary amides is 1. The number of piperidine rings is 1. The molecule has 1 saturated heterocycles. The second-order valence-corrected chi connectivity index (χ2v) is 4.09. The molecule has 0 aliphatic carbocycles. The van der Waals surface area contributed by atoms with Gasteiger partial charge in [-0.1, -0.05) is 0 Å². The first-order valence-corrected chi connectivity index (χ1v) is 5.35. The number of nitrogens with two attached hydrogens (primary N) is 1. The quantitative estimate of drug-likeness (QED) is 0.785. The van der Waals surface area contributed by atoms with Crippen LogP contribution in [0.4, 0.5) is 8.78 Å². The summed E-state index contributed by atoms with van der Waals surface area (Å²) >= 11 is 0. The summed E-state index contributed by atoms with van der Waals surface area (Å²) in [4.78, 5) is 23.1. The SMILES string of the molecule is NC(=O)CCCC(=O)N1CCCC(F)(F)C1.